The van der Waals surface area contributed by atoms with Crippen LogP contribution in [0.1, 0.15) is 18.7 Å². The second kappa shape index (κ2) is 5.89. The number of carbonyl (C=O) groups is 2. The maximum Gasteiger partial charge on any atom is 0.303 e. The second-order valence-electron chi connectivity index (χ2n) is 3.42. The number of rotatable bonds is 6. The van der Waals surface area contributed by atoms with Crippen molar-refractivity contribution in [3.63, 3.8) is 0 Å². The van der Waals surface area contributed by atoms with Crippen molar-refractivity contribution in [2.45, 2.75) is 19.3 Å². The van der Waals surface area contributed by atoms with Gasteiger partial charge in [-0.15, -0.1) is 0 Å². The van der Waals surface area contributed by atoms with Crippen LogP contribution in [-0.2, 0) is 16.0 Å². The molecule has 0 aliphatic heterocycles. The van der Waals surface area contributed by atoms with Crippen LogP contribution in [0.15, 0.2) is 16.9 Å². The molecule has 88 valence electrons. The van der Waals surface area contributed by atoms with Gasteiger partial charge in [-0.05, 0) is 6.42 Å². The molecule has 0 saturated heterocycles. The lowest BCUT2D eigenvalue weighted by molar-refractivity contribution is -0.138. The molecule has 0 atom stereocenters. The van der Waals surface area contributed by atoms with E-state index in [0.717, 1.165) is 0 Å². The zero-order valence-electron chi connectivity index (χ0n) is 9.05. The molecule has 1 N–H and O–H groups in total. The molecule has 0 unspecified atom stereocenters. The fourth-order valence-corrected chi connectivity index (χ4v) is 1.20. The number of carbonyl (C=O) groups excluding carboxylic acids is 1. The first-order chi connectivity index (χ1) is 7.59. The molecule has 0 saturated carbocycles. The molecule has 0 spiro atoms. The van der Waals surface area contributed by atoms with Gasteiger partial charge in [0.15, 0.2) is 0 Å². The number of carboxylic acid groups (broad SMARTS) is 1. The molecule has 1 aromatic heterocycles. The van der Waals surface area contributed by atoms with Crippen molar-refractivity contribution in [1.82, 2.24) is 9.88 Å². The minimum atomic E-state index is -0.853. The van der Waals surface area contributed by atoms with E-state index in [0.29, 0.717) is 18.9 Å². The molecule has 1 rings (SSSR count). The summed E-state index contributed by atoms with van der Waals surface area (Å²) in [5, 5.41) is 8.44. The number of amides is 1. The molecule has 0 aliphatic carbocycles. The minimum absolute atomic E-state index is 0.0661. The van der Waals surface area contributed by atoms with Crippen molar-refractivity contribution < 1.29 is 19.1 Å². The maximum atomic E-state index is 11.6. The van der Waals surface area contributed by atoms with Crippen molar-refractivity contribution in [1.29, 1.82) is 0 Å². The highest BCUT2D eigenvalue weighted by molar-refractivity contribution is 5.77. The second-order valence-corrected chi connectivity index (χ2v) is 3.42. The third-order valence-electron chi connectivity index (χ3n) is 2.10. The van der Waals surface area contributed by atoms with Gasteiger partial charge in [0, 0.05) is 20.0 Å². The van der Waals surface area contributed by atoms with E-state index in [1.54, 1.807) is 7.05 Å². The van der Waals surface area contributed by atoms with Gasteiger partial charge in [-0.1, -0.05) is 0 Å². The normalized spacial score (nSPS) is 10.1. The number of carboxylic acids is 1. The Morgan fingerprint density at radius 2 is 2.31 bits per heavy atom. The molecule has 0 aliphatic rings. The number of hydrogen-bond acceptors (Lipinski definition) is 4. The number of nitrogens with zero attached hydrogens (tertiary/aromatic N) is 2. The predicted octanol–water partition coefficient (Wildman–Crippen LogP) is 0.540. The van der Waals surface area contributed by atoms with Crippen LogP contribution in [0.2, 0.25) is 0 Å². The zero-order valence-corrected chi connectivity index (χ0v) is 9.05. The summed E-state index contributed by atoms with van der Waals surface area (Å²) < 4.78 is 4.94. The highest BCUT2D eigenvalue weighted by Crippen LogP contribution is 2.00. The Balaban J connectivity index is 2.28. The molecule has 0 fully saturated rings. The number of aromatic nitrogens is 1. The Morgan fingerprint density at radius 3 is 2.88 bits per heavy atom. The van der Waals surface area contributed by atoms with Gasteiger partial charge in [0.1, 0.15) is 12.7 Å². The average molecular weight is 226 g/mol. The molecule has 1 heterocycles. The van der Waals surface area contributed by atoms with Crippen LogP contribution in [0.5, 0.6) is 0 Å². The Kier molecular flexibility index (Phi) is 4.50. The molecule has 16 heavy (non-hydrogen) atoms. The summed E-state index contributed by atoms with van der Waals surface area (Å²) in [5.74, 6) is -0.614. The van der Waals surface area contributed by atoms with Crippen LogP contribution in [0.3, 0.4) is 0 Å². The predicted molar refractivity (Wildman–Crippen MR) is 54.7 cm³/mol. The zero-order chi connectivity index (χ0) is 12.0. The van der Waals surface area contributed by atoms with Gasteiger partial charge >= 0.3 is 5.97 Å². The standard InChI is InChI=1S/C10H14N2O4/c1-12(5-2-3-10(14)15)9(13)7-8-11-4-6-16-8/h4,6H,2-3,5,7H2,1H3,(H,14,15). The molecule has 1 aromatic rings. The van der Waals surface area contributed by atoms with Crippen molar-refractivity contribution >= 4 is 11.9 Å². The molecule has 0 bridgehead atoms. The molecule has 0 aromatic carbocycles. The van der Waals surface area contributed by atoms with Crippen LogP contribution in [0, 0.1) is 0 Å². The lowest BCUT2D eigenvalue weighted by atomic mass is 10.3. The van der Waals surface area contributed by atoms with Crippen molar-refractivity contribution in [3.05, 3.63) is 18.4 Å². The molecule has 6 heteroatoms. The van der Waals surface area contributed by atoms with Gasteiger partial charge in [0.2, 0.25) is 11.8 Å². The fraction of sp³-hybridized carbons (Fsp3) is 0.500. The van der Waals surface area contributed by atoms with E-state index in [2.05, 4.69) is 4.98 Å². The van der Waals surface area contributed by atoms with E-state index >= 15 is 0 Å². The number of likely N-dealkylation sites (N-methyl/N-ethyl adjacent to an activating group) is 1. The van der Waals surface area contributed by atoms with E-state index < -0.39 is 5.97 Å². The molecular weight excluding hydrogens is 212 g/mol. The topological polar surface area (TPSA) is 83.6 Å². The number of hydrogen-bond donors (Lipinski definition) is 1. The molecule has 1 amide bonds. The first-order valence-electron chi connectivity index (χ1n) is 4.93. The monoisotopic (exact) mass is 226 g/mol. The van der Waals surface area contributed by atoms with Crippen LogP contribution in [0.4, 0.5) is 0 Å². The first kappa shape index (κ1) is 12.2. The Bertz CT molecular complexity index is 348. The van der Waals surface area contributed by atoms with Crippen LogP contribution < -0.4 is 0 Å². The largest absolute Gasteiger partial charge is 0.481 e. The van der Waals surface area contributed by atoms with Crippen molar-refractivity contribution in [3.8, 4) is 0 Å². The SMILES string of the molecule is CN(CCCC(=O)O)C(=O)Cc1ncco1. The summed E-state index contributed by atoms with van der Waals surface area (Å²) in [6.45, 7) is 0.422. The smallest absolute Gasteiger partial charge is 0.303 e. The molecule has 0 radical (unpaired) electrons. The average Bonchev–Trinajstić information content (AvgIpc) is 2.69. The Hall–Kier alpha value is -1.85. The highest BCUT2D eigenvalue weighted by Gasteiger charge is 2.12. The third kappa shape index (κ3) is 4.12. The number of aliphatic carboxylic acids is 1. The van der Waals surface area contributed by atoms with Gasteiger partial charge in [0.05, 0.1) is 6.20 Å². The Morgan fingerprint density at radius 1 is 1.56 bits per heavy atom. The van der Waals surface area contributed by atoms with Gasteiger partial charge in [0.25, 0.3) is 0 Å². The highest BCUT2D eigenvalue weighted by atomic mass is 16.4. The summed E-state index contributed by atoms with van der Waals surface area (Å²) in [6, 6.07) is 0. The summed E-state index contributed by atoms with van der Waals surface area (Å²) in [5.41, 5.74) is 0. The quantitative estimate of drug-likeness (QED) is 0.765. The summed E-state index contributed by atoms with van der Waals surface area (Å²) in [6.07, 6.45) is 3.51. The van der Waals surface area contributed by atoms with E-state index in [1.807, 2.05) is 0 Å². The summed E-state index contributed by atoms with van der Waals surface area (Å²) >= 11 is 0. The maximum absolute atomic E-state index is 11.6. The van der Waals surface area contributed by atoms with Crippen molar-refractivity contribution in [2.24, 2.45) is 0 Å². The van der Waals surface area contributed by atoms with Gasteiger partial charge in [-0.2, -0.15) is 0 Å². The lowest BCUT2D eigenvalue weighted by Gasteiger charge is -2.15. The lowest BCUT2D eigenvalue weighted by Crippen LogP contribution is -2.29. The van der Waals surface area contributed by atoms with Crippen LogP contribution in [-0.4, -0.2) is 40.5 Å². The van der Waals surface area contributed by atoms with E-state index in [9.17, 15) is 9.59 Å². The molecule has 6 nitrogen and oxygen atoms in total. The summed E-state index contributed by atoms with van der Waals surface area (Å²) in [7, 11) is 1.63. The van der Waals surface area contributed by atoms with E-state index in [4.69, 9.17) is 9.52 Å². The van der Waals surface area contributed by atoms with Crippen molar-refractivity contribution in [2.75, 3.05) is 13.6 Å². The van der Waals surface area contributed by atoms with Gasteiger partial charge in [-0.3, -0.25) is 9.59 Å². The summed E-state index contributed by atoms with van der Waals surface area (Å²) in [4.78, 5) is 27.2. The van der Waals surface area contributed by atoms with Gasteiger partial charge in [-0.25, -0.2) is 4.98 Å². The van der Waals surface area contributed by atoms with Crippen LogP contribution in [0.25, 0.3) is 0 Å². The minimum Gasteiger partial charge on any atom is -0.481 e. The number of oxazole rings is 1. The van der Waals surface area contributed by atoms with Gasteiger partial charge < -0.3 is 14.4 Å². The van der Waals surface area contributed by atoms with Crippen LogP contribution >= 0.6 is 0 Å². The third-order valence-corrected chi connectivity index (χ3v) is 2.10. The molecular formula is C10H14N2O4. The first-order valence-corrected chi connectivity index (χ1v) is 4.93. The van der Waals surface area contributed by atoms with E-state index in [-0.39, 0.29) is 18.7 Å². The Labute approximate surface area is 92.9 Å². The fourth-order valence-electron chi connectivity index (χ4n) is 1.20. The van der Waals surface area contributed by atoms with E-state index in [1.165, 1.54) is 17.4 Å².